The van der Waals surface area contributed by atoms with Crippen LogP contribution in [0, 0.1) is 0 Å². The van der Waals surface area contributed by atoms with Crippen molar-refractivity contribution in [1.29, 1.82) is 0 Å². The largest absolute Gasteiger partial charge is 0.496 e. The van der Waals surface area contributed by atoms with Crippen LogP contribution in [0.2, 0.25) is 0 Å². The Kier molecular flexibility index (Phi) is 5.07. The number of pyridine rings is 1. The summed E-state index contributed by atoms with van der Waals surface area (Å²) in [5.74, 6) is 0.884. The molecule has 0 spiro atoms. The van der Waals surface area contributed by atoms with Crippen LogP contribution in [0.4, 0.5) is 0 Å². The molecule has 7 heteroatoms. The predicted molar refractivity (Wildman–Crippen MR) is 112 cm³/mol. The maximum Gasteiger partial charge on any atom is 0.175 e. The second-order valence-corrected chi connectivity index (χ2v) is 8.89. The van der Waals surface area contributed by atoms with Crippen LogP contribution in [0.5, 0.6) is 5.75 Å². The average molecular weight is 407 g/mol. The van der Waals surface area contributed by atoms with Crippen LogP contribution in [0.1, 0.15) is 11.3 Å². The van der Waals surface area contributed by atoms with Gasteiger partial charge in [0.2, 0.25) is 0 Å². The highest BCUT2D eigenvalue weighted by atomic mass is 32.2. The zero-order valence-electron chi connectivity index (χ0n) is 16.2. The van der Waals surface area contributed by atoms with Crippen molar-refractivity contribution in [3.63, 3.8) is 0 Å². The Bertz CT molecular complexity index is 1260. The fourth-order valence-electron chi connectivity index (χ4n) is 3.45. The Morgan fingerprint density at radius 1 is 0.966 bits per heavy atom. The number of fused-ring (bicyclic) bond motifs is 1. The lowest BCUT2D eigenvalue weighted by molar-refractivity contribution is 0.409. The van der Waals surface area contributed by atoms with Gasteiger partial charge in [-0.1, -0.05) is 30.3 Å². The highest BCUT2D eigenvalue weighted by Crippen LogP contribution is 2.27. The first kappa shape index (κ1) is 19.1. The van der Waals surface area contributed by atoms with E-state index in [-0.39, 0.29) is 0 Å². The van der Waals surface area contributed by atoms with Crippen molar-refractivity contribution in [2.45, 2.75) is 17.7 Å². The quantitative estimate of drug-likeness (QED) is 0.488. The third-order valence-electron chi connectivity index (χ3n) is 4.98. The van der Waals surface area contributed by atoms with Crippen LogP contribution in [0.15, 0.2) is 71.9 Å². The van der Waals surface area contributed by atoms with Crippen molar-refractivity contribution < 1.29 is 13.2 Å². The summed E-state index contributed by atoms with van der Waals surface area (Å²) in [4.78, 5) is 0.298. The molecule has 0 aliphatic rings. The lowest BCUT2D eigenvalue weighted by Crippen LogP contribution is -2.01. The van der Waals surface area contributed by atoms with E-state index >= 15 is 0 Å². The van der Waals surface area contributed by atoms with Crippen LogP contribution < -0.4 is 4.74 Å². The molecule has 0 aliphatic heterocycles. The summed E-state index contributed by atoms with van der Waals surface area (Å²) < 4.78 is 30.8. The van der Waals surface area contributed by atoms with Crippen LogP contribution >= 0.6 is 0 Å². The molecule has 0 saturated carbocycles. The minimum Gasteiger partial charge on any atom is -0.496 e. The van der Waals surface area contributed by atoms with E-state index < -0.39 is 9.84 Å². The van der Waals surface area contributed by atoms with E-state index in [0.717, 1.165) is 46.6 Å². The predicted octanol–water partition coefficient (Wildman–Crippen LogP) is 3.59. The first-order valence-electron chi connectivity index (χ1n) is 9.21. The maximum atomic E-state index is 11.7. The molecule has 4 aromatic rings. The monoisotopic (exact) mass is 407 g/mol. The number of benzene rings is 2. The third-order valence-corrected chi connectivity index (χ3v) is 6.11. The molecule has 0 aliphatic carbocycles. The molecule has 2 heterocycles. The molecule has 2 aromatic carbocycles. The van der Waals surface area contributed by atoms with Crippen molar-refractivity contribution in [2.24, 2.45) is 0 Å². The summed E-state index contributed by atoms with van der Waals surface area (Å²) >= 11 is 0. The molecule has 4 rings (SSSR count). The van der Waals surface area contributed by atoms with E-state index in [9.17, 15) is 8.42 Å². The minimum atomic E-state index is -3.22. The normalized spacial score (nSPS) is 11.7. The number of para-hydroxylation sites is 1. The fraction of sp³-hybridized carbons (Fsp3) is 0.182. The number of methoxy groups -OCH3 is 1. The molecule has 0 fully saturated rings. The highest BCUT2D eigenvalue weighted by Gasteiger charge is 2.12. The zero-order chi connectivity index (χ0) is 20.4. The Balaban J connectivity index is 1.65. The smallest absolute Gasteiger partial charge is 0.175 e. The van der Waals surface area contributed by atoms with Gasteiger partial charge in [0.05, 0.1) is 12.0 Å². The topological polar surface area (TPSA) is 73.6 Å². The van der Waals surface area contributed by atoms with Crippen molar-refractivity contribution in [1.82, 2.24) is 14.6 Å². The Morgan fingerprint density at radius 3 is 2.45 bits per heavy atom. The zero-order valence-corrected chi connectivity index (χ0v) is 17.1. The van der Waals surface area contributed by atoms with Crippen molar-refractivity contribution in [3.8, 4) is 16.9 Å². The standard InChI is InChI=1S/C22H21N3O3S/c1-28-21-6-4-3-5-17(21)7-10-18-11-14-20(22-24-23-15-25(18)22)16-8-12-19(13-9-16)29(2,26)27/h3-6,8-9,11-15H,7,10H2,1-2H3. The van der Waals surface area contributed by atoms with Gasteiger partial charge in [0.15, 0.2) is 15.5 Å². The maximum absolute atomic E-state index is 11.7. The average Bonchev–Trinajstić information content (AvgIpc) is 3.22. The molecule has 0 N–H and O–H groups in total. The van der Waals surface area contributed by atoms with Gasteiger partial charge in [-0.3, -0.25) is 4.40 Å². The number of hydrogen-bond acceptors (Lipinski definition) is 5. The number of sulfone groups is 1. The van der Waals surface area contributed by atoms with Gasteiger partial charge in [-0.2, -0.15) is 0 Å². The Labute approximate surface area is 169 Å². The Hall–Kier alpha value is -3.19. The van der Waals surface area contributed by atoms with Crippen molar-refractivity contribution in [2.75, 3.05) is 13.4 Å². The van der Waals surface area contributed by atoms with E-state index in [1.54, 1.807) is 37.7 Å². The molecular weight excluding hydrogens is 386 g/mol. The summed E-state index contributed by atoms with van der Waals surface area (Å²) in [6.45, 7) is 0. The molecule has 0 unspecified atom stereocenters. The summed E-state index contributed by atoms with van der Waals surface area (Å²) in [7, 11) is -1.54. The SMILES string of the molecule is COc1ccccc1CCc1ccc(-c2ccc(S(C)(=O)=O)cc2)c2nncn12. The fourth-order valence-corrected chi connectivity index (χ4v) is 4.08. The number of ether oxygens (including phenoxy) is 1. The summed E-state index contributed by atoms with van der Waals surface area (Å²) in [6.07, 6.45) is 4.55. The highest BCUT2D eigenvalue weighted by molar-refractivity contribution is 7.90. The summed E-state index contributed by atoms with van der Waals surface area (Å²) in [5.41, 5.74) is 4.79. The molecule has 2 aromatic heterocycles. The molecule has 0 atom stereocenters. The van der Waals surface area contributed by atoms with Crippen LogP contribution in [0.3, 0.4) is 0 Å². The molecule has 0 amide bonds. The third kappa shape index (κ3) is 3.86. The summed E-state index contributed by atoms with van der Waals surface area (Å²) in [5, 5.41) is 8.37. The van der Waals surface area contributed by atoms with Crippen molar-refractivity contribution in [3.05, 3.63) is 78.2 Å². The molecule has 6 nitrogen and oxygen atoms in total. The molecule has 0 bridgehead atoms. The van der Waals surface area contributed by atoms with E-state index in [4.69, 9.17) is 4.74 Å². The van der Waals surface area contributed by atoms with Crippen LogP contribution in [-0.4, -0.2) is 36.4 Å². The second kappa shape index (κ2) is 7.67. The van der Waals surface area contributed by atoms with Gasteiger partial charge >= 0.3 is 0 Å². The number of aryl methyl sites for hydroxylation is 2. The lowest BCUT2D eigenvalue weighted by atomic mass is 10.0. The van der Waals surface area contributed by atoms with E-state index in [0.29, 0.717) is 4.90 Å². The number of rotatable bonds is 6. The molecular formula is C22H21N3O3S. The van der Waals surface area contributed by atoms with Gasteiger partial charge in [-0.25, -0.2) is 8.42 Å². The first-order chi connectivity index (χ1) is 14.0. The van der Waals surface area contributed by atoms with E-state index in [1.165, 1.54) is 6.26 Å². The number of hydrogen-bond donors (Lipinski definition) is 0. The van der Waals surface area contributed by atoms with Crippen molar-refractivity contribution >= 4 is 15.5 Å². The van der Waals surface area contributed by atoms with Crippen LogP contribution in [-0.2, 0) is 22.7 Å². The molecule has 0 radical (unpaired) electrons. The Morgan fingerprint density at radius 2 is 1.72 bits per heavy atom. The van der Waals surface area contributed by atoms with E-state index in [2.05, 4.69) is 22.3 Å². The van der Waals surface area contributed by atoms with Gasteiger partial charge in [-0.15, -0.1) is 10.2 Å². The minimum absolute atomic E-state index is 0.298. The molecule has 148 valence electrons. The number of nitrogens with zero attached hydrogens (tertiary/aromatic N) is 3. The first-order valence-corrected chi connectivity index (χ1v) is 11.1. The van der Waals surface area contributed by atoms with Gasteiger partial charge < -0.3 is 4.74 Å². The van der Waals surface area contributed by atoms with Crippen LogP contribution in [0.25, 0.3) is 16.8 Å². The molecule has 0 saturated heterocycles. The van der Waals surface area contributed by atoms with Gasteiger partial charge in [-0.05, 0) is 54.3 Å². The van der Waals surface area contributed by atoms with Gasteiger partial charge in [0.1, 0.15) is 12.1 Å². The second-order valence-electron chi connectivity index (χ2n) is 6.87. The number of aromatic nitrogens is 3. The van der Waals surface area contributed by atoms with E-state index in [1.807, 2.05) is 28.7 Å². The lowest BCUT2D eigenvalue weighted by Gasteiger charge is -2.11. The van der Waals surface area contributed by atoms with Gasteiger partial charge in [0.25, 0.3) is 0 Å². The summed E-state index contributed by atoms with van der Waals surface area (Å²) in [6, 6.07) is 18.9. The van der Waals surface area contributed by atoms with Gasteiger partial charge in [0, 0.05) is 17.5 Å². The molecule has 29 heavy (non-hydrogen) atoms.